The fraction of sp³-hybridized carbons (Fsp3) is 0.733. The summed E-state index contributed by atoms with van der Waals surface area (Å²) >= 11 is 0. The number of ether oxygens (including phenoxy) is 1. The second-order valence-corrected chi connectivity index (χ2v) is 13.9. The zero-order valence-corrected chi connectivity index (χ0v) is 23.4. The van der Waals surface area contributed by atoms with E-state index < -0.39 is 56.6 Å². The molecule has 0 aromatic rings. The molecule has 8 heteroatoms. The van der Waals surface area contributed by atoms with E-state index in [-0.39, 0.29) is 42.0 Å². The lowest BCUT2D eigenvalue weighted by Crippen LogP contribution is -2.66. The summed E-state index contributed by atoms with van der Waals surface area (Å²) < 4.78 is 6.54. The molecule has 3 fully saturated rings. The van der Waals surface area contributed by atoms with Gasteiger partial charge in [-0.15, -0.1) is 0 Å². The van der Waals surface area contributed by atoms with E-state index in [0.717, 1.165) is 5.57 Å². The third kappa shape index (κ3) is 3.02. The molecule has 0 radical (unpaired) electrons. The number of carbonyl (C=O) groups is 4. The molecular formula is C30H40O8. The first-order chi connectivity index (χ1) is 17.3. The molecule has 4 aliphatic carbocycles. The quantitative estimate of drug-likeness (QED) is 0.353. The molecule has 8 nitrogen and oxygen atoms in total. The fourth-order valence-electron chi connectivity index (χ4n) is 9.05. The summed E-state index contributed by atoms with van der Waals surface area (Å²) in [6, 6.07) is 0. The maximum atomic E-state index is 14.2. The predicted octanol–water partition coefficient (Wildman–Crippen LogP) is 3.18. The Morgan fingerprint density at radius 3 is 2.42 bits per heavy atom. The van der Waals surface area contributed by atoms with E-state index in [4.69, 9.17) is 4.74 Å². The summed E-state index contributed by atoms with van der Waals surface area (Å²) in [6.07, 6.45) is 2.80. The van der Waals surface area contributed by atoms with E-state index in [9.17, 15) is 34.5 Å². The fourth-order valence-corrected chi connectivity index (χ4v) is 9.05. The molecule has 0 bridgehead atoms. The highest BCUT2D eigenvalue weighted by Gasteiger charge is 2.85. The first-order valence-corrected chi connectivity index (χ1v) is 13.7. The smallest absolute Gasteiger partial charge is 0.306 e. The van der Waals surface area contributed by atoms with Crippen molar-refractivity contribution in [3.8, 4) is 0 Å². The van der Waals surface area contributed by atoms with Crippen LogP contribution in [0.4, 0.5) is 0 Å². The average molecular weight is 529 g/mol. The topological polar surface area (TPSA) is 141 Å². The molecule has 0 amide bonds. The van der Waals surface area contributed by atoms with E-state index in [1.54, 1.807) is 13.0 Å². The first kappa shape index (κ1) is 27.4. The lowest BCUT2D eigenvalue weighted by atomic mass is 9.40. The minimum absolute atomic E-state index is 0.00758. The number of epoxide rings is 1. The van der Waals surface area contributed by atoms with Crippen molar-refractivity contribution in [3.63, 3.8) is 0 Å². The molecule has 2 saturated carbocycles. The number of fused-ring (bicyclic) bond motifs is 3. The molecule has 5 rings (SSSR count). The molecule has 1 heterocycles. The Hall–Kier alpha value is -2.16. The molecule has 1 aliphatic heterocycles. The second-order valence-electron chi connectivity index (χ2n) is 13.9. The minimum atomic E-state index is -1.77. The van der Waals surface area contributed by atoms with Crippen LogP contribution in [0.15, 0.2) is 23.3 Å². The predicted molar refractivity (Wildman–Crippen MR) is 137 cm³/mol. The summed E-state index contributed by atoms with van der Waals surface area (Å²) in [4.78, 5) is 51.1. The van der Waals surface area contributed by atoms with Crippen molar-refractivity contribution < 1.29 is 39.2 Å². The third-order valence-electron chi connectivity index (χ3n) is 11.5. The van der Waals surface area contributed by atoms with Gasteiger partial charge < -0.3 is 20.1 Å². The van der Waals surface area contributed by atoms with Crippen LogP contribution in [0.2, 0.25) is 0 Å². The van der Waals surface area contributed by atoms with Gasteiger partial charge in [-0.05, 0) is 55.2 Å². The largest absolute Gasteiger partial charge is 0.481 e. The Morgan fingerprint density at radius 1 is 1.18 bits per heavy atom. The molecule has 5 aliphatic rings. The van der Waals surface area contributed by atoms with Crippen molar-refractivity contribution in [2.24, 2.45) is 33.5 Å². The minimum Gasteiger partial charge on any atom is -0.481 e. The highest BCUT2D eigenvalue weighted by Crippen LogP contribution is 2.78. The summed E-state index contributed by atoms with van der Waals surface area (Å²) in [7, 11) is 0. The van der Waals surface area contributed by atoms with E-state index in [2.05, 4.69) is 6.92 Å². The highest BCUT2D eigenvalue weighted by atomic mass is 16.6. The number of aliphatic carboxylic acids is 1. The van der Waals surface area contributed by atoms with Gasteiger partial charge in [-0.1, -0.05) is 40.7 Å². The van der Waals surface area contributed by atoms with Crippen LogP contribution in [0.5, 0.6) is 0 Å². The van der Waals surface area contributed by atoms with Gasteiger partial charge in [0.15, 0.2) is 5.78 Å². The van der Waals surface area contributed by atoms with Crippen LogP contribution >= 0.6 is 0 Å². The van der Waals surface area contributed by atoms with Crippen molar-refractivity contribution in [3.05, 3.63) is 23.3 Å². The van der Waals surface area contributed by atoms with Crippen molar-refractivity contribution in [1.82, 2.24) is 0 Å². The van der Waals surface area contributed by atoms with E-state index in [0.29, 0.717) is 19.3 Å². The number of carboxylic acids is 1. The standard InChI is InChI=1S/C30H40O8/c1-15(24(35)36)10-16(31)14-27(5,37)19-12-22(34)29(7)28(19,6)21(33)11-18-26(4)9-8-20(32)25(2,3)17(26)13-23-30(18,29)38-23/h11-12,15,17,22-23,34,37H,8-10,13-14H2,1-7H3,(H,35,36)/t15?,17?,22-,23+,26+,27?,28+,29-,30-/m1/s1. The number of ketones is 3. The van der Waals surface area contributed by atoms with Crippen LogP contribution in [-0.4, -0.2) is 62.0 Å². The molecule has 3 unspecified atom stereocenters. The molecule has 0 aromatic carbocycles. The number of hydrogen-bond acceptors (Lipinski definition) is 7. The zero-order valence-electron chi connectivity index (χ0n) is 23.4. The van der Waals surface area contributed by atoms with E-state index >= 15 is 0 Å². The van der Waals surface area contributed by atoms with Gasteiger partial charge in [0.25, 0.3) is 0 Å². The Labute approximate surface area is 223 Å². The molecule has 9 atom stereocenters. The number of allylic oxidation sites excluding steroid dienone is 1. The van der Waals surface area contributed by atoms with Crippen LogP contribution in [-0.2, 0) is 23.9 Å². The molecule has 208 valence electrons. The maximum absolute atomic E-state index is 14.2. The van der Waals surface area contributed by atoms with Gasteiger partial charge in [0, 0.05) is 30.1 Å². The Bertz CT molecular complexity index is 1220. The number of hydrogen-bond donors (Lipinski definition) is 3. The summed E-state index contributed by atoms with van der Waals surface area (Å²) in [5, 5.41) is 32.5. The number of aliphatic hydroxyl groups excluding tert-OH is 1. The number of Topliss-reactive ketones (excluding diaryl/α,β-unsaturated/α-hetero) is 2. The van der Waals surface area contributed by atoms with Gasteiger partial charge in [-0.3, -0.25) is 19.2 Å². The van der Waals surface area contributed by atoms with Crippen molar-refractivity contribution >= 4 is 23.3 Å². The van der Waals surface area contributed by atoms with Gasteiger partial charge >= 0.3 is 5.97 Å². The zero-order chi connectivity index (χ0) is 28.4. The normalized spacial score (nSPS) is 44.9. The van der Waals surface area contributed by atoms with Crippen molar-refractivity contribution in [1.29, 1.82) is 0 Å². The number of carboxylic acid groups (broad SMARTS) is 1. The SMILES string of the molecule is CC(CC(=O)CC(C)(O)C1=C[C@@H](O)[C@]2(C)[C@]1(C)C(=O)C=C1[C@]23O[C@H]3CC2C(C)(C)C(=O)CC[C@]12C)C(=O)O. The first-order valence-electron chi connectivity index (χ1n) is 13.7. The van der Waals surface area contributed by atoms with Gasteiger partial charge in [-0.25, -0.2) is 0 Å². The number of aliphatic hydroxyl groups is 2. The number of carbonyl (C=O) groups excluding carboxylic acids is 3. The molecular weight excluding hydrogens is 488 g/mol. The van der Waals surface area contributed by atoms with Crippen LogP contribution in [0, 0.1) is 33.5 Å². The van der Waals surface area contributed by atoms with Gasteiger partial charge in [0.1, 0.15) is 17.2 Å². The van der Waals surface area contributed by atoms with Crippen molar-refractivity contribution in [2.75, 3.05) is 0 Å². The molecule has 1 saturated heterocycles. The highest BCUT2D eigenvalue weighted by molar-refractivity contribution is 6.02. The summed E-state index contributed by atoms with van der Waals surface area (Å²) in [5.74, 6) is -2.48. The van der Waals surface area contributed by atoms with Crippen LogP contribution in [0.1, 0.15) is 80.6 Å². The lowest BCUT2D eigenvalue weighted by molar-refractivity contribution is -0.147. The summed E-state index contributed by atoms with van der Waals surface area (Å²) in [5.41, 5.74) is -5.09. The van der Waals surface area contributed by atoms with Gasteiger partial charge in [0.2, 0.25) is 0 Å². The molecule has 1 spiro atoms. The van der Waals surface area contributed by atoms with Crippen LogP contribution in [0.3, 0.4) is 0 Å². The molecule has 3 N–H and O–H groups in total. The second kappa shape index (κ2) is 7.73. The average Bonchev–Trinajstić information content (AvgIpc) is 3.48. The summed E-state index contributed by atoms with van der Waals surface area (Å²) in [6.45, 7) is 12.5. The molecule has 38 heavy (non-hydrogen) atoms. The Balaban J connectivity index is 1.57. The van der Waals surface area contributed by atoms with Gasteiger partial charge in [0.05, 0.1) is 29.1 Å². The maximum Gasteiger partial charge on any atom is 0.306 e. The monoisotopic (exact) mass is 528 g/mol. The van der Waals surface area contributed by atoms with Crippen LogP contribution in [0.25, 0.3) is 0 Å². The van der Waals surface area contributed by atoms with Gasteiger partial charge in [-0.2, -0.15) is 0 Å². The van der Waals surface area contributed by atoms with Crippen molar-refractivity contribution in [2.45, 2.75) is 104 Å². The third-order valence-corrected chi connectivity index (χ3v) is 11.5. The van der Waals surface area contributed by atoms with Crippen LogP contribution < -0.4 is 0 Å². The lowest BCUT2D eigenvalue weighted by Gasteiger charge is -2.60. The Morgan fingerprint density at radius 2 is 1.82 bits per heavy atom. The Kier molecular flexibility index (Phi) is 5.58. The number of rotatable bonds is 6. The molecule has 0 aromatic heterocycles. The van der Waals surface area contributed by atoms with E-state index in [1.807, 2.05) is 20.8 Å². The van der Waals surface area contributed by atoms with E-state index in [1.165, 1.54) is 19.9 Å².